The first-order chi connectivity index (χ1) is 6.38. The average Bonchev–Trinajstić information content (AvgIpc) is 2.43. The van der Waals surface area contributed by atoms with Gasteiger partial charge in [0, 0.05) is 24.6 Å². The number of aliphatic hydroxyl groups excluding tert-OH is 1. The summed E-state index contributed by atoms with van der Waals surface area (Å²) in [6, 6.07) is 0.249. The normalized spacial score (nSPS) is 37.6. The predicted molar refractivity (Wildman–Crippen MR) is 57.1 cm³/mol. The van der Waals surface area contributed by atoms with Crippen LogP contribution in [0.1, 0.15) is 0 Å². The lowest BCUT2D eigenvalue weighted by Gasteiger charge is -2.27. The van der Waals surface area contributed by atoms with E-state index in [0.29, 0.717) is 13.2 Å². The quantitative estimate of drug-likeness (QED) is 0.650. The highest BCUT2D eigenvalue weighted by atomic mass is 33.1. The minimum absolute atomic E-state index is 0.249. The van der Waals surface area contributed by atoms with Gasteiger partial charge in [0.2, 0.25) is 0 Å². The molecule has 2 heterocycles. The zero-order chi connectivity index (χ0) is 9.10. The van der Waals surface area contributed by atoms with E-state index in [4.69, 9.17) is 4.74 Å². The molecular weight excluding hydrogens is 206 g/mol. The van der Waals surface area contributed by atoms with Gasteiger partial charge in [-0.1, -0.05) is 21.6 Å². The molecule has 0 saturated carbocycles. The molecule has 2 atom stereocenters. The molecule has 0 amide bonds. The molecule has 1 N–H and O–H groups in total. The summed E-state index contributed by atoms with van der Waals surface area (Å²) in [6.45, 7) is 3.39. The number of rotatable bonds is 1. The summed E-state index contributed by atoms with van der Waals surface area (Å²) in [5.41, 5.74) is 0. The molecular formula is C8H15NO2S2. The number of hydrogen-bond donors (Lipinski definition) is 1. The summed E-state index contributed by atoms with van der Waals surface area (Å²) in [5, 5.41) is 9.65. The first-order valence-corrected chi connectivity index (χ1v) is 7.11. The number of ether oxygens (including phenoxy) is 1. The Kier molecular flexibility index (Phi) is 3.80. The third-order valence-electron chi connectivity index (χ3n) is 2.50. The fourth-order valence-electron chi connectivity index (χ4n) is 1.75. The molecule has 2 fully saturated rings. The number of nitrogens with zero attached hydrogens (tertiary/aromatic N) is 1. The summed E-state index contributed by atoms with van der Waals surface area (Å²) in [4.78, 5) is 2.37. The molecule has 0 aromatic heterocycles. The van der Waals surface area contributed by atoms with E-state index in [-0.39, 0.29) is 12.1 Å². The molecule has 0 aromatic rings. The molecule has 2 saturated heterocycles. The Bertz CT molecular complexity index is 162. The molecule has 2 aliphatic heterocycles. The molecule has 13 heavy (non-hydrogen) atoms. The van der Waals surface area contributed by atoms with Gasteiger partial charge >= 0.3 is 0 Å². The summed E-state index contributed by atoms with van der Waals surface area (Å²) >= 11 is 0. The van der Waals surface area contributed by atoms with Crippen molar-refractivity contribution < 1.29 is 9.84 Å². The maximum absolute atomic E-state index is 9.65. The maximum atomic E-state index is 9.65. The van der Waals surface area contributed by atoms with Crippen molar-refractivity contribution in [1.29, 1.82) is 0 Å². The van der Waals surface area contributed by atoms with Gasteiger partial charge in [0.1, 0.15) is 0 Å². The van der Waals surface area contributed by atoms with Gasteiger partial charge in [-0.2, -0.15) is 0 Å². The molecule has 0 bridgehead atoms. The Hall–Kier alpha value is 0.580. The Labute approximate surface area is 86.6 Å². The Morgan fingerprint density at radius 2 is 1.85 bits per heavy atom. The zero-order valence-corrected chi connectivity index (χ0v) is 9.15. The zero-order valence-electron chi connectivity index (χ0n) is 7.52. The lowest BCUT2D eigenvalue weighted by Crippen LogP contribution is -2.44. The van der Waals surface area contributed by atoms with Crippen molar-refractivity contribution >= 4 is 21.6 Å². The van der Waals surface area contributed by atoms with E-state index < -0.39 is 0 Å². The van der Waals surface area contributed by atoms with Crippen LogP contribution in [0.15, 0.2) is 0 Å². The van der Waals surface area contributed by atoms with Gasteiger partial charge in [-0.15, -0.1) is 0 Å². The Morgan fingerprint density at radius 1 is 1.15 bits per heavy atom. The molecule has 0 aromatic carbocycles. The third-order valence-corrected chi connectivity index (χ3v) is 4.86. The van der Waals surface area contributed by atoms with E-state index in [1.165, 1.54) is 0 Å². The van der Waals surface area contributed by atoms with Gasteiger partial charge in [0.25, 0.3) is 0 Å². The molecule has 0 aliphatic carbocycles. The fourth-order valence-corrected chi connectivity index (χ4v) is 3.76. The van der Waals surface area contributed by atoms with E-state index >= 15 is 0 Å². The van der Waals surface area contributed by atoms with Crippen LogP contribution in [0, 0.1) is 0 Å². The second-order valence-corrected chi connectivity index (χ2v) is 6.05. The molecule has 0 spiro atoms. The summed E-state index contributed by atoms with van der Waals surface area (Å²) in [7, 11) is 3.86. The maximum Gasteiger partial charge on any atom is 0.0950 e. The van der Waals surface area contributed by atoms with Crippen LogP contribution in [0.4, 0.5) is 0 Å². The van der Waals surface area contributed by atoms with Gasteiger partial charge in [-0.3, -0.25) is 4.90 Å². The topological polar surface area (TPSA) is 32.7 Å². The van der Waals surface area contributed by atoms with Gasteiger partial charge in [0.05, 0.1) is 25.4 Å². The molecule has 0 radical (unpaired) electrons. The largest absolute Gasteiger partial charge is 0.389 e. The van der Waals surface area contributed by atoms with Crippen molar-refractivity contribution in [1.82, 2.24) is 4.90 Å². The van der Waals surface area contributed by atoms with Crippen LogP contribution in [-0.2, 0) is 4.74 Å². The minimum atomic E-state index is -0.270. The van der Waals surface area contributed by atoms with Crippen LogP contribution in [0.5, 0.6) is 0 Å². The summed E-state index contributed by atoms with van der Waals surface area (Å²) in [6.07, 6.45) is -0.270. The average molecular weight is 221 g/mol. The van der Waals surface area contributed by atoms with Gasteiger partial charge in [0.15, 0.2) is 0 Å². The Balaban J connectivity index is 1.89. The van der Waals surface area contributed by atoms with E-state index in [0.717, 1.165) is 24.6 Å². The first-order valence-electron chi connectivity index (χ1n) is 4.62. The van der Waals surface area contributed by atoms with Crippen LogP contribution in [0.3, 0.4) is 0 Å². The van der Waals surface area contributed by atoms with Gasteiger partial charge in [-0.05, 0) is 0 Å². The van der Waals surface area contributed by atoms with Crippen LogP contribution in [0.2, 0.25) is 0 Å². The molecule has 5 heteroatoms. The predicted octanol–water partition coefficient (Wildman–Crippen LogP) is 0.443. The minimum Gasteiger partial charge on any atom is -0.389 e. The molecule has 2 aliphatic rings. The van der Waals surface area contributed by atoms with Crippen molar-refractivity contribution in [3.63, 3.8) is 0 Å². The molecule has 1 unspecified atom stereocenters. The van der Waals surface area contributed by atoms with Crippen molar-refractivity contribution in [3.8, 4) is 0 Å². The van der Waals surface area contributed by atoms with Gasteiger partial charge in [-0.25, -0.2) is 0 Å². The van der Waals surface area contributed by atoms with Crippen molar-refractivity contribution in [2.45, 2.75) is 12.1 Å². The molecule has 3 nitrogen and oxygen atoms in total. The van der Waals surface area contributed by atoms with E-state index in [2.05, 4.69) is 4.90 Å². The van der Waals surface area contributed by atoms with Crippen LogP contribution >= 0.6 is 21.6 Å². The van der Waals surface area contributed by atoms with Gasteiger partial charge < -0.3 is 9.84 Å². The lowest BCUT2D eigenvalue weighted by atomic mass is 10.2. The highest BCUT2D eigenvalue weighted by molar-refractivity contribution is 8.76. The lowest BCUT2D eigenvalue weighted by molar-refractivity contribution is 0.0893. The van der Waals surface area contributed by atoms with Crippen LogP contribution in [0.25, 0.3) is 0 Å². The fraction of sp³-hybridized carbons (Fsp3) is 1.00. The highest BCUT2D eigenvalue weighted by Gasteiger charge is 2.31. The van der Waals surface area contributed by atoms with Crippen molar-refractivity contribution in [2.75, 3.05) is 37.8 Å². The third kappa shape index (κ3) is 2.53. The smallest absolute Gasteiger partial charge is 0.0950 e. The summed E-state index contributed by atoms with van der Waals surface area (Å²) < 4.78 is 5.26. The standard InChI is InChI=1S/C8H15NO2S2/c10-8-6-11-5-7(8)9-1-3-12-13-4-2-9/h7-8,10H,1-6H2/t7?,8-/m1/s1. The van der Waals surface area contributed by atoms with Crippen LogP contribution in [-0.4, -0.2) is 60.0 Å². The highest BCUT2D eigenvalue weighted by Crippen LogP contribution is 2.26. The number of hydrogen-bond acceptors (Lipinski definition) is 5. The van der Waals surface area contributed by atoms with Crippen molar-refractivity contribution in [2.24, 2.45) is 0 Å². The Morgan fingerprint density at radius 3 is 2.38 bits per heavy atom. The molecule has 76 valence electrons. The van der Waals surface area contributed by atoms with E-state index in [9.17, 15) is 5.11 Å². The van der Waals surface area contributed by atoms with Crippen LogP contribution < -0.4 is 0 Å². The SMILES string of the molecule is O[C@@H]1COCC1N1CCSSCC1. The van der Waals surface area contributed by atoms with E-state index in [1.54, 1.807) is 0 Å². The second-order valence-electron chi connectivity index (χ2n) is 3.35. The summed E-state index contributed by atoms with van der Waals surface area (Å²) in [5.74, 6) is 2.32. The monoisotopic (exact) mass is 221 g/mol. The first kappa shape index (κ1) is 10.1. The van der Waals surface area contributed by atoms with E-state index in [1.807, 2.05) is 21.6 Å². The molecule has 2 rings (SSSR count). The second kappa shape index (κ2) is 4.89. The van der Waals surface area contributed by atoms with Crippen molar-refractivity contribution in [3.05, 3.63) is 0 Å². The number of aliphatic hydroxyl groups is 1.